The highest BCUT2D eigenvalue weighted by Gasteiger charge is 2.28. The second-order valence-corrected chi connectivity index (χ2v) is 6.69. The van der Waals surface area contributed by atoms with Crippen LogP contribution in [0.5, 0.6) is 0 Å². The average molecular weight is 319 g/mol. The molecule has 0 saturated carbocycles. The van der Waals surface area contributed by atoms with E-state index in [1.165, 1.54) is 5.56 Å². The van der Waals surface area contributed by atoms with E-state index >= 15 is 0 Å². The Balaban J connectivity index is 1.83. The summed E-state index contributed by atoms with van der Waals surface area (Å²) in [6.07, 6.45) is 0.959. The number of urea groups is 1. The molecule has 128 valence electrons. The first-order chi connectivity index (χ1) is 11.0. The number of aliphatic hydroxyl groups is 1. The Hall–Kier alpha value is -1.59. The molecule has 1 aromatic carbocycles. The van der Waals surface area contributed by atoms with E-state index in [2.05, 4.69) is 41.4 Å². The normalized spacial score (nSPS) is 23.3. The number of aliphatic hydroxyl groups excluding tert-OH is 1. The second-order valence-electron chi connectivity index (χ2n) is 6.69. The highest BCUT2D eigenvalue weighted by molar-refractivity contribution is 5.74. The monoisotopic (exact) mass is 319 g/mol. The SMILES string of the molecule is CC1CN(Cc2ccccc2)CCC1NC(=O)N(C)C(C)CO. The van der Waals surface area contributed by atoms with E-state index in [0.717, 1.165) is 26.1 Å². The molecule has 5 nitrogen and oxygen atoms in total. The molecule has 23 heavy (non-hydrogen) atoms. The van der Waals surface area contributed by atoms with Crippen molar-refractivity contribution in [2.45, 2.75) is 38.9 Å². The van der Waals surface area contributed by atoms with Gasteiger partial charge in [-0.2, -0.15) is 0 Å². The molecule has 0 radical (unpaired) electrons. The number of nitrogens with one attached hydrogen (secondary N) is 1. The van der Waals surface area contributed by atoms with E-state index < -0.39 is 0 Å². The quantitative estimate of drug-likeness (QED) is 0.872. The van der Waals surface area contributed by atoms with Gasteiger partial charge in [0.25, 0.3) is 0 Å². The molecule has 0 aromatic heterocycles. The Kier molecular flexibility index (Phi) is 6.42. The van der Waals surface area contributed by atoms with Crippen LogP contribution in [-0.2, 0) is 6.54 Å². The third kappa shape index (κ3) is 4.94. The van der Waals surface area contributed by atoms with Gasteiger partial charge in [0.2, 0.25) is 0 Å². The summed E-state index contributed by atoms with van der Waals surface area (Å²) in [5.41, 5.74) is 1.33. The number of benzene rings is 1. The molecule has 1 heterocycles. The van der Waals surface area contributed by atoms with Gasteiger partial charge in [-0.3, -0.25) is 4.90 Å². The maximum Gasteiger partial charge on any atom is 0.317 e. The molecule has 1 saturated heterocycles. The first-order valence-corrected chi connectivity index (χ1v) is 8.41. The maximum absolute atomic E-state index is 12.2. The summed E-state index contributed by atoms with van der Waals surface area (Å²) in [6, 6.07) is 10.4. The van der Waals surface area contributed by atoms with Crippen molar-refractivity contribution in [3.63, 3.8) is 0 Å². The van der Waals surface area contributed by atoms with Gasteiger partial charge in [-0.05, 0) is 24.8 Å². The molecule has 1 fully saturated rings. The predicted octanol–water partition coefficient (Wildman–Crippen LogP) is 1.92. The van der Waals surface area contributed by atoms with Gasteiger partial charge < -0.3 is 15.3 Å². The van der Waals surface area contributed by atoms with Gasteiger partial charge in [0.05, 0.1) is 12.6 Å². The van der Waals surface area contributed by atoms with E-state index in [1.54, 1.807) is 11.9 Å². The summed E-state index contributed by atoms with van der Waals surface area (Å²) in [5, 5.41) is 12.3. The number of likely N-dealkylation sites (tertiary alicyclic amines) is 1. The van der Waals surface area contributed by atoms with Crippen molar-refractivity contribution in [3.05, 3.63) is 35.9 Å². The summed E-state index contributed by atoms with van der Waals surface area (Å²) in [4.78, 5) is 16.2. The number of hydrogen-bond acceptors (Lipinski definition) is 3. The molecule has 1 aliphatic heterocycles. The third-order valence-electron chi connectivity index (χ3n) is 4.79. The number of likely N-dealkylation sites (N-methyl/N-ethyl adjacent to an activating group) is 1. The fourth-order valence-corrected chi connectivity index (χ4v) is 3.01. The second kappa shape index (κ2) is 8.31. The topological polar surface area (TPSA) is 55.8 Å². The molecule has 3 atom stereocenters. The lowest BCUT2D eigenvalue weighted by Gasteiger charge is -2.38. The molecule has 2 rings (SSSR count). The molecule has 1 aliphatic rings. The van der Waals surface area contributed by atoms with Crippen molar-refractivity contribution in [3.8, 4) is 0 Å². The van der Waals surface area contributed by atoms with Crippen LogP contribution in [0.15, 0.2) is 30.3 Å². The van der Waals surface area contributed by atoms with Crippen LogP contribution < -0.4 is 5.32 Å². The lowest BCUT2D eigenvalue weighted by Crippen LogP contribution is -2.53. The highest BCUT2D eigenvalue weighted by atomic mass is 16.3. The molecule has 2 N–H and O–H groups in total. The zero-order valence-corrected chi connectivity index (χ0v) is 14.4. The molecule has 5 heteroatoms. The van der Waals surface area contributed by atoms with Crippen molar-refractivity contribution < 1.29 is 9.90 Å². The number of carbonyl (C=O) groups is 1. The Bertz CT molecular complexity index is 494. The summed E-state index contributed by atoms with van der Waals surface area (Å²) in [7, 11) is 1.73. The van der Waals surface area contributed by atoms with Crippen molar-refractivity contribution in [2.75, 3.05) is 26.7 Å². The van der Waals surface area contributed by atoms with Crippen molar-refractivity contribution in [1.29, 1.82) is 0 Å². The molecule has 3 unspecified atom stereocenters. The van der Waals surface area contributed by atoms with E-state index in [9.17, 15) is 4.79 Å². The minimum Gasteiger partial charge on any atom is -0.394 e. The average Bonchev–Trinajstić information content (AvgIpc) is 2.56. The number of amides is 2. The summed E-state index contributed by atoms with van der Waals surface area (Å²) >= 11 is 0. The van der Waals surface area contributed by atoms with Gasteiger partial charge in [-0.15, -0.1) is 0 Å². The molecule has 1 aromatic rings. The van der Waals surface area contributed by atoms with Crippen LogP contribution >= 0.6 is 0 Å². The lowest BCUT2D eigenvalue weighted by molar-refractivity contribution is 0.125. The van der Waals surface area contributed by atoms with Crippen LogP contribution in [-0.4, -0.2) is 59.8 Å². The van der Waals surface area contributed by atoms with E-state index in [4.69, 9.17) is 5.11 Å². The number of hydrogen-bond donors (Lipinski definition) is 2. The number of nitrogens with zero attached hydrogens (tertiary/aromatic N) is 2. The van der Waals surface area contributed by atoms with Gasteiger partial charge in [0.15, 0.2) is 0 Å². The molecular formula is C18H29N3O2. The van der Waals surface area contributed by atoms with E-state index in [0.29, 0.717) is 5.92 Å². The summed E-state index contributed by atoms with van der Waals surface area (Å²) < 4.78 is 0. The zero-order valence-electron chi connectivity index (χ0n) is 14.4. The van der Waals surface area contributed by atoms with Crippen molar-refractivity contribution >= 4 is 6.03 Å². The van der Waals surface area contributed by atoms with Crippen LogP contribution in [0.1, 0.15) is 25.8 Å². The number of piperidine rings is 1. The number of rotatable bonds is 5. The van der Waals surface area contributed by atoms with Gasteiger partial charge in [0, 0.05) is 32.7 Å². The Morgan fingerprint density at radius 1 is 1.43 bits per heavy atom. The Labute approximate surface area is 139 Å². The summed E-state index contributed by atoms with van der Waals surface area (Å²) in [6.45, 7) is 6.95. The molecule has 0 spiro atoms. The van der Waals surface area contributed by atoms with E-state index in [1.807, 2.05) is 13.0 Å². The van der Waals surface area contributed by atoms with Gasteiger partial charge >= 0.3 is 6.03 Å². The molecule has 0 bridgehead atoms. The standard InChI is InChI=1S/C18H29N3O2/c1-14-11-21(12-16-7-5-4-6-8-16)10-9-17(14)19-18(23)20(3)15(2)13-22/h4-8,14-15,17,22H,9-13H2,1-3H3,(H,19,23). The van der Waals surface area contributed by atoms with E-state index in [-0.39, 0.29) is 24.7 Å². The van der Waals surface area contributed by atoms with Crippen LogP contribution in [0.4, 0.5) is 4.79 Å². The zero-order chi connectivity index (χ0) is 16.8. The van der Waals surface area contributed by atoms with Crippen LogP contribution in [0, 0.1) is 5.92 Å². The van der Waals surface area contributed by atoms with Crippen molar-refractivity contribution in [1.82, 2.24) is 15.1 Å². The van der Waals surface area contributed by atoms with Crippen molar-refractivity contribution in [2.24, 2.45) is 5.92 Å². The first kappa shape index (κ1) is 17.8. The number of carbonyl (C=O) groups excluding carboxylic acids is 1. The predicted molar refractivity (Wildman–Crippen MR) is 92.1 cm³/mol. The molecule has 0 aliphatic carbocycles. The summed E-state index contributed by atoms with van der Waals surface area (Å²) in [5.74, 6) is 0.411. The Morgan fingerprint density at radius 2 is 2.13 bits per heavy atom. The maximum atomic E-state index is 12.2. The Morgan fingerprint density at radius 3 is 2.74 bits per heavy atom. The largest absolute Gasteiger partial charge is 0.394 e. The van der Waals surface area contributed by atoms with Crippen LogP contribution in [0.25, 0.3) is 0 Å². The molecular weight excluding hydrogens is 290 g/mol. The minimum absolute atomic E-state index is 0.0189. The van der Waals surface area contributed by atoms with Crippen LogP contribution in [0.2, 0.25) is 0 Å². The fraction of sp³-hybridized carbons (Fsp3) is 0.611. The lowest BCUT2D eigenvalue weighted by atomic mass is 9.93. The van der Waals surface area contributed by atoms with Crippen LogP contribution in [0.3, 0.4) is 0 Å². The first-order valence-electron chi connectivity index (χ1n) is 8.41. The molecule has 2 amide bonds. The third-order valence-corrected chi connectivity index (χ3v) is 4.79. The highest BCUT2D eigenvalue weighted by Crippen LogP contribution is 2.19. The van der Waals surface area contributed by atoms with Gasteiger partial charge in [0.1, 0.15) is 0 Å². The van der Waals surface area contributed by atoms with Gasteiger partial charge in [-0.25, -0.2) is 4.79 Å². The fourth-order valence-electron chi connectivity index (χ4n) is 3.01. The minimum atomic E-state index is -0.163. The van der Waals surface area contributed by atoms with Gasteiger partial charge in [-0.1, -0.05) is 37.3 Å². The smallest absolute Gasteiger partial charge is 0.317 e.